The molecule has 2 N–H and O–H groups in total. The maximum atomic E-state index is 12.4. The predicted molar refractivity (Wildman–Crippen MR) is 105 cm³/mol. The first kappa shape index (κ1) is 16.9. The van der Waals surface area contributed by atoms with Crippen molar-refractivity contribution in [1.29, 1.82) is 0 Å². The van der Waals surface area contributed by atoms with Crippen LogP contribution in [0.1, 0.15) is 11.4 Å². The molecule has 26 heavy (non-hydrogen) atoms. The fourth-order valence-corrected chi connectivity index (χ4v) is 3.58. The average molecular weight is 366 g/mol. The van der Waals surface area contributed by atoms with Crippen LogP contribution in [0.15, 0.2) is 62.6 Å². The van der Waals surface area contributed by atoms with Gasteiger partial charge in [0.1, 0.15) is 24.2 Å². The van der Waals surface area contributed by atoms with E-state index in [9.17, 15) is 4.79 Å². The lowest BCUT2D eigenvalue weighted by molar-refractivity contribution is -0.908. The van der Waals surface area contributed by atoms with Crippen molar-refractivity contribution in [3.8, 4) is 0 Å². The van der Waals surface area contributed by atoms with E-state index < -0.39 is 0 Å². The smallest absolute Gasteiger partial charge is 0.294 e. The fraction of sp³-hybridized carbons (Fsp3) is 0.200. The number of nitrogens with one attached hydrogen (secondary N) is 2. The molecule has 0 saturated carbocycles. The highest BCUT2D eigenvalue weighted by atomic mass is 32.2. The molecule has 4 rings (SSSR count). The number of para-hydroxylation sites is 1. The molecule has 0 fully saturated rings. The molecule has 5 nitrogen and oxygen atoms in total. The first-order valence-corrected chi connectivity index (χ1v) is 9.71. The third-order valence-corrected chi connectivity index (χ3v) is 5.16. The number of nitrogens with zero attached hydrogens (tertiary/aromatic N) is 1. The maximum absolute atomic E-state index is 12.4. The van der Waals surface area contributed by atoms with Crippen molar-refractivity contribution in [2.75, 3.05) is 13.3 Å². The van der Waals surface area contributed by atoms with E-state index in [1.54, 1.807) is 11.8 Å². The largest absolute Gasteiger partial charge is 0.449 e. The van der Waals surface area contributed by atoms with E-state index in [0.29, 0.717) is 29.1 Å². The van der Waals surface area contributed by atoms with E-state index in [1.807, 2.05) is 24.3 Å². The van der Waals surface area contributed by atoms with Crippen molar-refractivity contribution < 1.29 is 9.32 Å². The van der Waals surface area contributed by atoms with Crippen molar-refractivity contribution in [2.45, 2.75) is 18.0 Å². The van der Waals surface area contributed by atoms with Crippen molar-refractivity contribution in [3.63, 3.8) is 0 Å². The van der Waals surface area contributed by atoms with Crippen LogP contribution in [0.25, 0.3) is 22.1 Å². The molecule has 0 radical (unpaired) electrons. The highest BCUT2D eigenvalue weighted by Crippen LogP contribution is 2.24. The molecule has 0 aliphatic heterocycles. The second kappa shape index (κ2) is 6.97. The Morgan fingerprint density at radius 1 is 1.12 bits per heavy atom. The highest BCUT2D eigenvalue weighted by Gasteiger charge is 2.15. The molecule has 0 bridgehead atoms. The Balaban J connectivity index is 1.59. The Hall–Kier alpha value is -2.57. The van der Waals surface area contributed by atoms with Crippen LogP contribution in [-0.4, -0.2) is 23.3 Å². The summed E-state index contributed by atoms with van der Waals surface area (Å²) in [4.78, 5) is 22.4. The summed E-state index contributed by atoms with van der Waals surface area (Å²) in [6.07, 6.45) is 2.07. The number of H-pyrrole nitrogens is 1. The molecule has 2 heterocycles. The van der Waals surface area contributed by atoms with Crippen LogP contribution in [0, 0.1) is 0 Å². The number of thioether (sulfide) groups is 1. The zero-order valence-corrected chi connectivity index (χ0v) is 15.5. The Bertz CT molecular complexity index is 1120. The number of hydrogen-bond acceptors (Lipinski definition) is 4. The summed E-state index contributed by atoms with van der Waals surface area (Å²) in [6, 6.07) is 16.2. The van der Waals surface area contributed by atoms with Crippen molar-refractivity contribution >= 4 is 33.8 Å². The third kappa shape index (κ3) is 3.25. The van der Waals surface area contributed by atoms with Gasteiger partial charge in [0, 0.05) is 15.8 Å². The zero-order valence-electron chi connectivity index (χ0n) is 14.7. The molecule has 1 unspecified atom stereocenters. The normalized spacial score (nSPS) is 12.7. The second-order valence-corrected chi connectivity index (χ2v) is 7.33. The van der Waals surface area contributed by atoms with Gasteiger partial charge in [-0.25, -0.2) is 4.98 Å². The van der Waals surface area contributed by atoms with E-state index >= 15 is 0 Å². The molecule has 0 spiro atoms. The summed E-state index contributed by atoms with van der Waals surface area (Å²) < 4.78 is 5.65. The molecule has 0 saturated heterocycles. The van der Waals surface area contributed by atoms with Gasteiger partial charge >= 0.3 is 0 Å². The van der Waals surface area contributed by atoms with E-state index in [4.69, 9.17) is 4.42 Å². The summed E-state index contributed by atoms with van der Waals surface area (Å²) in [5.41, 5.74) is 2.65. The van der Waals surface area contributed by atoms with E-state index in [1.165, 1.54) is 15.4 Å². The van der Waals surface area contributed by atoms with Crippen molar-refractivity contribution in [1.82, 2.24) is 9.97 Å². The van der Waals surface area contributed by atoms with Gasteiger partial charge < -0.3 is 14.3 Å². The summed E-state index contributed by atoms with van der Waals surface area (Å²) in [5, 5.41) is 0.875. The van der Waals surface area contributed by atoms with Crippen LogP contribution in [-0.2, 0) is 13.1 Å². The number of benzene rings is 2. The average Bonchev–Trinajstić information content (AvgIpc) is 3.02. The topological polar surface area (TPSA) is 63.3 Å². The van der Waals surface area contributed by atoms with Gasteiger partial charge in [-0.1, -0.05) is 24.3 Å². The van der Waals surface area contributed by atoms with Gasteiger partial charge in [-0.2, -0.15) is 0 Å². The van der Waals surface area contributed by atoms with Crippen LogP contribution >= 0.6 is 11.8 Å². The van der Waals surface area contributed by atoms with Gasteiger partial charge in [0.15, 0.2) is 5.82 Å². The second-order valence-electron chi connectivity index (χ2n) is 6.45. The Morgan fingerprint density at radius 3 is 2.65 bits per heavy atom. The zero-order chi connectivity index (χ0) is 18.1. The molecular weight excluding hydrogens is 346 g/mol. The fourth-order valence-electron chi connectivity index (χ4n) is 3.17. The minimum absolute atomic E-state index is 0.224. The van der Waals surface area contributed by atoms with E-state index in [2.05, 4.69) is 47.5 Å². The summed E-state index contributed by atoms with van der Waals surface area (Å²) in [7, 11) is 2.10. The van der Waals surface area contributed by atoms with Crippen LogP contribution in [0.3, 0.4) is 0 Å². The highest BCUT2D eigenvalue weighted by molar-refractivity contribution is 7.98. The van der Waals surface area contributed by atoms with Crippen LogP contribution < -0.4 is 10.5 Å². The minimum Gasteiger partial charge on any atom is -0.449 e. The van der Waals surface area contributed by atoms with Crippen LogP contribution in [0.2, 0.25) is 0 Å². The van der Waals surface area contributed by atoms with Crippen LogP contribution in [0.4, 0.5) is 0 Å². The van der Waals surface area contributed by atoms with Crippen LogP contribution in [0.5, 0.6) is 0 Å². The molecule has 2 aromatic heterocycles. The van der Waals surface area contributed by atoms with Gasteiger partial charge in [-0.05, 0) is 30.5 Å². The number of fused-ring (bicyclic) bond motifs is 3. The molecule has 4 aromatic rings. The third-order valence-electron chi connectivity index (χ3n) is 4.41. The number of furan rings is 1. The molecule has 0 amide bonds. The molecule has 132 valence electrons. The van der Waals surface area contributed by atoms with Gasteiger partial charge in [-0.3, -0.25) is 4.79 Å². The summed E-state index contributed by atoms with van der Waals surface area (Å²) in [6.45, 7) is 1.50. The number of aromatic nitrogens is 2. The maximum Gasteiger partial charge on any atom is 0.294 e. The monoisotopic (exact) mass is 366 g/mol. The Morgan fingerprint density at radius 2 is 1.88 bits per heavy atom. The van der Waals surface area contributed by atoms with Gasteiger partial charge in [0.25, 0.3) is 5.56 Å². The minimum atomic E-state index is -0.224. The quantitative estimate of drug-likeness (QED) is 0.533. The number of quaternary nitrogens is 1. The van der Waals surface area contributed by atoms with Gasteiger partial charge in [0.05, 0.1) is 7.05 Å². The SMILES string of the molecule is CSc1ccc(C[NH+](C)Cc2nc3c(oc4ccccc43)c(=O)[nH]2)cc1. The summed E-state index contributed by atoms with van der Waals surface area (Å²) >= 11 is 1.74. The first-order valence-electron chi connectivity index (χ1n) is 8.48. The molecular formula is C20H20N3O2S+. The molecule has 6 heteroatoms. The Kier molecular flexibility index (Phi) is 4.53. The lowest BCUT2D eigenvalue weighted by atomic mass is 10.2. The van der Waals surface area contributed by atoms with Crippen molar-refractivity contribution in [3.05, 3.63) is 70.3 Å². The molecule has 0 aliphatic carbocycles. The first-order chi connectivity index (χ1) is 12.6. The Labute approximate surface area is 155 Å². The number of hydrogen-bond donors (Lipinski definition) is 2. The van der Waals surface area contributed by atoms with Gasteiger partial charge in [-0.15, -0.1) is 11.8 Å². The lowest BCUT2D eigenvalue weighted by Gasteiger charge is -2.13. The number of rotatable bonds is 5. The van der Waals surface area contributed by atoms with E-state index in [0.717, 1.165) is 11.9 Å². The standard InChI is InChI=1S/C20H19N3O2S/c1-23(11-13-7-9-14(26-2)10-8-13)12-17-21-18-15-5-3-4-6-16(15)25-19(18)20(24)22-17/h3-10H,11-12H2,1-2H3,(H,21,22,24)/p+1. The van der Waals surface area contributed by atoms with Crippen molar-refractivity contribution in [2.24, 2.45) is 0 Å². The van der Waals surface area contributed by atoms with E-state index in [-0.39, 0.29) is 5.56 Å². The number of aromatic amines is 1. The lowest BCUT2D eigenvalue weighted by Crippen LogP contribution is -3.06. The molecule has 2 aromatic carbocycles. The van der Waals surface area contributed by atoms with Gasteiger partial charge in [0.2, 0.25) is 5.58 Å². The molecule has 1 atom stereocenters. The predicted octanol–water partition coefficient (Wildman–Crippen LogP) is 2.61. The molecule has 0 aliphatic rings. The summed E-state index contributed by atoms with van der Waals surface area (Å²) in [5.74, 6) is 0.673.